The lowest BCUT2D eigenvalue weighted by Crippen LogP contribution is -2.21. The summed E-state index contributed by atoms with van der Waals surface area (Å²) in [5, 5.41) is 6.00. The topological polar surface area (TPSA) is 59.6 Å². The van der Waals surface area contributed by atoms with Crippen molar-refractivity contribution >= 4 is 17.3 Å². The zero-order valence-electron chi connectivity index (χ0n) is 16.5. The second-order valence-corrected chi connectivity index (χ2v) is 6.86. The second-order valence-electron chi connectivity index (χ2n) is 6.86. The van der Waals surface area contributed by atoms with Crippen molar-refractivity contribution in [3.63, 3.8) is 0 Å². The van der Waals surface area contributed by atoms with E-state index in [1.54, 1.807) is 0 Å². The number of anilines is 2. The van der Waals surface area contributed by atoms with Gasteiger partial charge in [0.15, 0.2) is 0 Å². The number of hydrogen-bond acceptors (Lipinski definition) is 4. The minimum absolute atomic E-state index is 0.108. The van der Waals surface area contributed by atoms with Crippen molar-refractivity contribution < 1.29 is 14.3 Å². The van der Waals surface area contributed by atoms with Crippen molar-refractivity contribution in [1.29, 1.82) is 0 Å². The lowest BCUT2D eigenvalue weighted by molar-refractivity contribution is -0.114. The summed E-state index contributed by atoms with van der Waals surface area (Å²) in [5.74, 6) is 1.99. The van der Waals surface area contributed by atoms with E-state index in [0.29, 0.717) is 19.1 Å². The van der Waals surface area contributed by atoms with Crippen LogP contribution in [0.1, 0.15) is 33.6 Å². The van der Waals surface area contributed by atoms with Crippen LogP contribution in [0.3, 0.4) is 0 Å². The van der Waals surface area contributed by atoms with Crippen LogP contribution >= 0.6 is 0 Å². The number of ether oxygens (including phenoxy) is 2. The smallest absolute Gasteiger partial charge is 0.243 e. The molecule has 0 spiro atoms. The van der Waals surface area contributed by atoms with Crippen molar-refractivity contribution in [2.24, 2.45) is 5.92 Å². The van der Waals surface area contributed by atoms with E-state index in [0.717, 1.165) is 35.7 Å². The molecule has 5 heteroatoms. The first-order valence-electron chi connectivity index (χ1n) is 9.56. The molecule has 146 valence electrons. The molecule has 0 heterocycles. The maximum Gasteiger partial charge on any atom is 0.243 e. The van der Waals surface area contributed by atoms with E-state index in [4.69, 9.17) is 9.47 Å². The SMILES string of the molecule is CCCCOc1cccc(NCC(=O)Nc2ccc(OCC(C)C)cc2)c1. The van der Waals surface area contributed by atoms with Gasteiger partial charge in [-0.2, -0.15) is 0 Å². The van der Waals surface area contributed by atoms with Gasteiger partial charge in [0.25, 0.3) is 0 Å². The molecule has 0 aliphatic carbocycles. The minimum Gasteiger partial charge on any atom is -0.494 e. The lowest BCUT2D eigenvalue weighted by atomic mass is 10.2. The summed E-state index contributed by atoms with van der Waals surface area (Å²) in [6.07, 6.45) is 2.13. The number of hydrogen-bond donors (Lipinski definition) is 2. The van der Waals surface area contributed by atoms with Crippen molar-refractivity contribution in [2.45, 2.75) is 33.6 Å². The number of carbonyl (C=O) groups is 1. The van der Waals surface area contributed by atoms with Gasteiger partial charge in [0.05, 0.1) is 19.8 Å². The van der Waals surface area contributed by atoms with Crippen LogP contribution in [0.4, 0.5) is 11.4 Å². The number of rotatable bonds is 11. The standard InChI is InChI=1S/C22H30N2O3/c1-4-5-13-26-21-8-6-7-19(14-21)23-15-22(25)24-18-9-11-20(12-10-18)27-16-17(2)3/h6-12,14,17,23H,4-5,13,15-16H2,1-3H3,(H,24,25). The lowest BCUT2D eigenvalue weighted by Gasteiger charge is -2.11. The van der Waals surface area contributed by atoms with Crippen molar-refractivity contribution in [1.82, 2.24) is 0 Å². The van der Waals surface area contributed by atoms with Crippen LogP contribution in [-0.4, -0.2) is 25.7 Å². The van der Waals surface area contributed by atoms with Crippen molar-refractivity contribution in [3.05, 3.63) is 48.5 Å². The Morgan fingerprint density at radius 1 is 1.00 bits per heavy atom. The van der Waals surface area contributed by atoms with Crippen LogP contribution in [-0.2, 0) is 4.79 Å². The number of nitrogens with one attached hydrogen (secondary N) is 2. The molecule has 2 aromatic rings. The Hall–Kier alpha value is -2.69. The summed E-state index contributed by atoms with van der Waals surface area (Å²) in [4.78, 5) is 12.1. The summed E-state index contributed by atoms with van der Waals surface area (Å²) in [7, 11) is 0. The average molecular weight is 370 g/mol. The Kier molecular flexibility index (Phi) is 8.49. The highest BCUT2D eigenvalue weighted by Crippen LogP contribution is 2.18. The molecule has 0 radical (unpaired) electrons. The first-order valence-corrected chi connectivity index (χ1v) is 9.56. The summed E-state index contributed by atoms with van der Waals surface area (Å²) in [6, 6.07) is 15.1. The third-order valence-corrected chi connectivity index (χ3v) is 3.78. The maximum absolute atomic E-state index is 12.1. The molecule has 0 saturated heterocycles. The van der Waals surface area contributed by atoms with Crippen LogP contribution in [0.25, 0.3) is 0 Å². The molecule has 2 aromatic carbocycles. The Labute approximate surface area is 162 Å². The number of amides is 1. The van der Waals surface area contributed by atoms with E-state index in [1.807, 2.05) is 48.5 Å². The van der Waals surface area contributed by atoms with E-state index in [9.17, 15) is 4.79 Å². The fourth-order valence-electron chi connectivity index (χ4n) is 2.32. The van der Waals surface area contributed by atoms with Crippen molar-refractivity contribution in [2.75, 3.05) is 30.4 Å². The summed E-state index contributed by atoms with van der Waals surface area (Å²) >= 11 is 0. The Bertz CT molecular complexity index is 699. The third-order valence-electron chi connectivity index (χ3n) is 3.78. The molecule has 0 atom stereocenters. The van der Waals surface area contributed by atoms with Gasteiger partial charge in [-0.1, -0.05) is 33.3 Å². The molecule has 0 aliphatic rings. The molecule has 0 aromatic heterocycles. The molecule has 1 amide bonds. The van der Waals surface area contributed by atoms with E-state index in [2.05, 4.69) is 31.4 Å². The second kappa shape index (κ2) is 11.1. The summed E-state index contributed by atoms with van der Waals surface area (Å²) in [5.41, 5.74) is 1.60. The molecule has 0 saturated carbocycles. The molecule has 0 fully saturated rings. The molecular formula is C22H30N2O3. The van der Waals surface area contributed by atoms with Crippen LogP contribution in [0.2, 0.25) is 0 Å². The molecular weight excluding hydrogens is 340 g/mol. The van der Waals surface area contributed by atoms with Gasteiger partial charge in [0, 0.05) is 17.4 Å². The van der Waals surface area contributed by atoms with Gasteiger partial charge in [0.1, 0.15) is 11.5 Å². The highest BCUT2D eigenvalue weighted by Gasteiger charge is 2.04. The maximum atomic E-state index is 12.1. The molecule has 5 nitrogen and oxygen atoms in total. The average Bonchev–Trinajstić information content (AvgIpc) is 2.66. The van der Waals surface area contributed by atoms with Gasteiger partial charge < -0.3 is 20.1 Å². The van der Waals surface area contributed by atoms with Gasteiger partial charge in [0.2, 0.25) is 5.91 Å². The van der Waals surface area contributed by atoms with E-state index in [1.165, 1.54) is 0 Å². The Morgan fingerprint density at radius 3 is 2.48 bits per heavy atom. The van der Waals surface area contributed by atoms with Gasteiger partial charge >= 0.3 is 0 Å². The monoisotopic (exact) mass is 370 g/mol. The van der Waals surface area contributed by atoms with Crippen LogP contribution in [0, 0.1) is 5.92 Å². The van der Waals surface area contributed by atoms with Gasteiger partial charge in [-0.25, -0.2) is 0 Å². The van der Waals surface area contributed by atoms with Crippen LogP contribution in [0.15, 0.2) is 48.5 Å². The summed E-state index contributed by atoms with van der Waals surface area (Å²) in [6.45, 7) is 7.91. The van der Waals surface area contributed by atoms with Gasteiger partial charge in [-0.15, -0.1) is 0 Å². The highest BCUT2D eigenvalue weighted by molar-refractivity contribution is 5.93. The molecule has 2 N–H and O–H groups in total. The third kappa shape index (κ3) is 8.03. The minimum atomic E-state index is -0.108. The molecule has 0 unspecified atom stereocenters. The quantitative estimate of drug-likeness (QED) is 0.549. The molecule has 0 aliphatic heterocycles. The first-order chi connectivity index (χ1) is 13.1. The Morgan fingerprint density at radius 2 is 1.78 bits per heavy atom. The normalized spacial score (nSPS) is 10.5. The molecule has 27 heavy (non-hydrogen) atoms. The van der Waals surface area contributed by atoms with E-state index >= 15 is 0 Å². The number of benzene rings is 2. The fourth-order valence-corrected chi connectivity index (χ4v) is 2.32. The number of carbonyl (C=O) groups excluding carboxylic acids is 1. The molecule has 0 bridgehead atoms. The van der Waals surface area contributed by atoms with Crippen molar-refractivity contribution in [3.8, 4) is 11.5 Å². The van der Waals surface area contributed by atoms with Crippen LogP contribution < -0.4 is 20.1 Å². The molecule has 2 rings (SSSR count). The van der Waals surface area contributed by atoms with E-state index < -0.39 is 0 Å². The number of unbranched alkanes of at least 4 members (excludes halogenated alkanes) is 1. The predicted octanol–water partition coefficient (Wildman–Crippen LogP) is 4.95. The van der Waals surface area contributed by atoms with Gasteiger partial charge in [-0.3, -0.25) is 4.79 Å². The predicted molar refractivity (Wildman–Crippen MR) is 111 cm³/mol. The van der Waals surface area contributed by atoms with E-state index in [-0.39, 0.29) is 12.5 Å². The largest absolute Gasteiger partial charge is 0.494 e. The highest BCUT2D eigenvalue weighted by atomic mass is 16.5. The Balaban J connectivity index is 1.78. The first kappa shape index (κ1) is 20.6. The van der Waals surface area contributed by atoms with Crippen LogP contribution in [0.5, 0.6) is 11.5 Å². The fraction of sp³-hybridized carbons (Fsp3) is 0.409. The summed E-state index contributed by atoms with van der Waals surface area (Å²) < 4.78 is 11.3. The zero-order chi connectivity index (χ0) is 19.5. The zero-order valence-corrected chi connectivity index (χ0v) is 16.5. The van der Waals surface area contributed by atoms with Gasteiger partial charge in [-0.05, 0) is 48.7 Å².